The Hall–Kier alpha value is -1.88. The largest absolute Gasteiger partial charge is 0.378 e. The molecular formula is C11H11ClN4O. The minimum atomic E-state index is -0.403. The number of aromatic amines is 1. The molecule has 0 aliphatic rings. The Balaban J connectivity index is 2.16. The Bertz CT molecular complexity index is 582. The fraction of sp³-hybridized carbons (Fsp3) is 0.182. The first-order chi connectivity index (χ1) is 8.18. The number of nitrogens with one attached hydrogen (secondary N) is 2. The molecule has 0 saturated heterocycles. The topological polar surface area (TPSA) is 70.7 Å². The zero-order valence-electron chi connectivity index (χ0n) is 9.20. The molecule has 17 heavy (non-hydrogen) atoms. The quantitative estimate of drug-likeness (QED) is 0.871. The molecule has 5 nitrogen and oxygen atoms in total. The highest BCUT2D eigenvalue weighted by atomic mass is 35.5. The number of rotatable bonds is 3. The van der Waals surface area contributed by atoms with Gasteiger partial charge in [0.2, 0.25) is 0 Å². The van der Waals surface area contributed by atoms with Gasteiger partial charge in [-0.15, -0.1) is 0 Å². The molecule has 0 amide bonds. The van der Waals surface area contributed by atoms with Crippen LogP contribution < -0.4 is 10.9 Å². The lowest BCUT2D eigenvalue weighted by molar-refractivity contribution is 0.978. The smallest absolute Gasteiger partial charge is 0.285 e. The van der Waals surface area contributed by atoms with Crippen LogP contribution in [0, 0.1) is 6.92 Å². The number of H-pyrrole nitrogens is 1. The van der Waals surface area contributed by atoms with Crippen LogP contribution in [0.5, 0.6) is 0 Å². The van der Waals surface area contributed by atoms with E-state index in [2.05, 4.69) is 20.5 Å². The van der Waals surface area contributed by atoms with Crippen molar-refractivity contribution in [1.82, 2.24) is 15.2 Å². The third-order valence-electron chi connectivity index (χ3n) is 2.41. The monoisotopic (exact) mass is 250 g/mol. The fourth-order valence-corrected chi connectivity index (χ4v) is 1.54. The molecule has 0 radical (unpaired) electrons. The minimum Gasteiger partial charge on any atom is -0.378 e. The number of aryl methyl sites for hydroxylation is 1. The van der Waals surface area contributed by atoms with Gasteiger partial charge in [0.15, 0.2) is 0 Å². The summed E-state index contributed by atoms with van der Waals surface area (Å²) in [6.45, 7) is 2.54. The number of hydrogen-bond donors (Lipinski definition) is 2. The summed E-state index contributed by atoms with van der Waals surface area (Å²) in [5, 5.41) is 9.11. The van der Waals surface area contributed by atoms with Crippen LogP contribution in [-0.2, 0) is 6.54 Å². The van der Waals surface area contributed by atoms with Gasteiger partial charge in [-0.25, -0.2) is 5.10 Å². The Labute approximate surface area is 103 Å². The number of pyridine rings is 1. The third kappa shape index (κ3) is 2.62. The lowest BCUT2D eigenvalue weighted by Gasteiger charge is -2.08. The van der Waals surface area contributed by atoms with Crippen molar-refractivity contribution in [3.8, 4) is 0 Å². The Morgan fingerprint density at radius 1 is 1.47 bits per heavy atom. The van der Waals surface area contributed by atoms with Crippen LogP contribution in [-0.4, -0.2) is 15.2 Å². The van der Waals surface area contributed by atoms with E-state index in [0.717, 1.165) is 11.1 Å². The van der Waals surface area contributed by atoms with Gasteiger partial charge in [0.05, 0.1) is 11.9 Å². The number of anilines is 1. The summed E-state index contributed by atoms with van der Waals surface area (Å²) in [7, 11) is 0. The van der Waals surface area contributed by atoms with E-state index < -0.39 is 5.56 Å². The summed E-state index contributed by atoms with van der Waals surface area (Å²) < 4.78 is 0. The molecular weight excluding hydrogens is 240 g/mol. The van der Waals surface area contributed by atoms with Crippen molar-refractivity contribution >= 4 is 17.3 Å². The van der Waals surface area contributed by atoms with Crippen molar-refractivity contribution in [3.63, 3.8) is 0 Å². The molecule has 0 unspecified atom stereocenters. The van der Waals surface area contributed by atoms with Gasteiger partial charge >= 0.3 is 0 Å². The van der Waals surface area contributed by atoms with Crippen LogP contribution in [0.15, 0.2) is 29.5 Å². The first kappa shape index (κ1) is 11.6. The SMILES string of the molecule is Cc1ccncc1CNc1cn[nH]c(=O)c1Cl. The number of halogens is 1. The molecule has 2 heterocycles. The molecule has 0 aromatic carbocycles. The maximum atomic E-state index is 11.2. The number of nitrogens with zero attached hydrogens (tertiary/aromatic N) is 2. The predicted octanol–water partition coefficient (Wildman–Crippen LogP) is 1.74. The standard InChI is InChI=1S/C11H11ClN4O/c1-7-2-3-13-4-8(7)5-14-9-6-15-16-11(17)10(9)12/h2-4,6H,5H2,1H3,(H2,14,16,17). The molecule has 0 atom stereocenters. The second-order valence-electron chi connectivity index (χ2n) is 3.58. The summed E-state index contributed by atoms with van der Waals surface area (Å²) in [6.07, 6.45) is 4.99. The van der Waals surface area contributed by atoms with Gasteiger partial charge in [-0.3, -0.25) is 9.78 Å². The van der Waals surface area contributed by atoms with Crippen LogP contribution >= 0.6 is 11.6 Å². The van der Waals surface area contributed by atoms with E-state index in [1.165, 1.54) is 6.20 Å². The van der Waals surface area contributed by atoms with E-state index in [1.54, 1.807) is 12.4 Å². The van der Waals surface area contributed by atoms with E-state index in [-0.39, 0.29) is 5.02 Å². The molecule has 2 aromatic rings. The summed E-state index contributed by atoms with van der Waals surface area (Å²) in [5.74, 6) is 0. The van der Waals surface area contributed by atoms with E-state index >= 15 is 0 Å². The lowest BCUT2D eigenvalue weighted by Crippen LogP contribution is -2.12. The molecule has 0 fully saturated rings. The molecule has 0 aliphatic heterocycles. The van der Waals surface area contributed by atoms with Gasteiger partial charge in [0, 0.05) is 18.9 Å². The third-order valence-corrected chi connectivity index (χ3v) is 2.79. The van der Waals surface area contributed by atoms with Crippen LogP contribution in [0.3, 0.4) is 0 Å². The van der Waals surface area contributed by atoms with Gasteiger partial charge < -0.3 is 5.32 Å². The van der Waals surface area contributed by atoms with E-state index in [4.69, 9.17) is 11.6 Å². The van der Waals surface area contributed by atoms with Gasteiger partial charge in [-0.05, 0) is 24.1 Å². The predicted molar refractivity (Wildman–Crippen MR) is 66.2 cm³/mol. The molecule has 2 rings (SSSR count). The average Bonchev–Trinajstić information content (AvgIpc) is 2.33. The molecule has 0 aliphatic carbocycles. The van der Waals surface area contributed by atoms with E-state index in [9.17, 15) is 4.79 Å². The zero-order valence-corrected chi connectivity index (χ0v) is 9.95. The maximum absolute atomic E-state index is 11.2. The molecule has 0 saturated carbocycles. The highest BCUT2D eigenvalue weighted by Crippen LogP contribution is 2.16. The van der Waals surface area contributed by atoms with E-state index in [0.29, 0.717) is 12.2 Å². The van der Waals surface area contributed by atoms with Crippen LogP contribution in [0.4, 0.5) is 5.69 Å². The van der Waals surface area contributed by atoms with Crippen molar-refractivity contribution in [2.75, 3.05) is 5.32 Å². The van der Waals surface area contributed by atoms with Gasteiger partial charge in [0.25, 0.3) is 5.56 Å². The van der Waals surface area contributed by atoms with E-state index in [1.807, 2.05) is 13.0 Å². The Morgan fingerprint density at radius 3 is 3.06 bits per heavy atom. The van der Waals surface area contributed by atoms with Crippen LogP contribution in [0.1, 0.15) is 11.1 Å². The summed E-state index contributed by atoms with van der Waals surface area (Å²) >= 11 is 5.84. The van der Waals surface area contributed by atoms with Gasteiger partial charge in [-0.1, -0.05) is 11.6 Å². The highest BCUT2D eigenvalue weighted by Gasteiger charge is 2.05. The molecule has 2 aromatic heterocycles. The maximum Gasteiger partial charge on any atom is 0.285 e. The number of aromatic nitrogens is 3. The van der Waals surface area contributed by atoms with Gasteiger partial charge in [-0.2, -0.15) is 5.10 Å². The summed E-state index contributed by atoms with van der Waals surface area (Å²) in [4.78, 5) is 15.3. The summed E-state index contributed by atoms with van der Waals surface area (Å²) in [5.41, 5.74) is 2.28. The van der Waals surface area contributed by atoms with Crippen molar-refractivity contribution in [1.29, 1.82) is 0 Å². The second kappa shape index (κ2) is 4.97. The zero-order chi connectivity index (χ0) is 12.3. The Kier molecular flexibility index (Phi) is 3.39. The molecule has 0 bridgehead atoms. The van der Waals surface area contributed by atoms with Crippen LogP contribution in [0.25, 0.3) is 0 Å². The Morgan fingerprint density at radius 2 is 2.29 bits per heavy atom. The van der Waals surface area contributed by atoms with Crippen molar-refractivity contribution in [2.45, 2.75) is 13.5 Å². The second-order valence-corrected chi connectivity index (χ2v) is 3.96. The van der Waals surface area contributed by atoms with Crippen LogP contribution in [0.2, 0.25) is 5.02 Å². The van der Waals surface area contributed by atoms with Gasteiger partial charge in [0.1, 0.15) is 5.02 Å². The molecule has 6 heteroatoms. The lowest BCUT2D eigenvalue weighted by atomic mass is 10.1. The molecule has 2 N–H and O–H groups in total. The first-order valence-electron chi connectivity index (χ1n) is 5.05. The average molecular weight is 251 g/mol. The summed E-state index contributed by atoms with van der Waals surface area (Å²) in [6, 6.07) is 1.93. The van der Waals surface area contributed by atoms with Crippen molar-refractivity contribution in [2.24, 2.45) is 0 Å². The molecule has 0 spiro atoms. The minimum absolute atomic E-state index is 0.113. The molecule has 88 valence electrons. The number of hydrogen-bond acceptors (Lipinski definition) is 4. The van der Waals surface area contributed by atoms with Crippen molar-refractivity contribution in [3.05, 3.63) is 51.2 Å². The fourth-order valence-electron chi connectivity index (χ4n) is 1.38. The first-order valence-corrected chi connectivity index (χ1v) is 5.43. The normalized spacial score (nSPS) is 10.2. The highest BCUT2D eigenvalue weighted by molar-refractivity contribution is 6.32. The van der Waals surface area contributed by atoms with Crippen molar-refractivity contribution < 1.29 is 0 Å².